The molecule has 1 unspecified atom stereocenters. The van der Waals surface area contributed by atoms with Gasteiger partial charge in [0.25, 0.3) is 0 Å². The van der Waals surface area contributed by atoms with Crippen LogP contribution in [0.15, 0.2) is 30.5 Å². The highest BCUT2D eigenvalue weighted by Crippen LogP contribution is 2.37. The molecular weight excluding hydrogens is 272 g/mol. The van der Waals surface area contributed by atoms with Gasteiger partial charge in [0.05, 0.1) is 11.4 Å². The van der Waals surface area contributed by atoms with E-state index in [0.717, 1.165) is 21.4 Å². The number of hydrogen-bond donors (Lipinski definition) is 2. The maximum Gasteiger partial charge on any atom is 0.244 e. The molecule has 0 bridgehead atoms. The largest absolute Gasteiger partial charge is 0.323 e. The lowest BCUT2D eigenvalue weighted by Crippen LogP contribution is -2.34. The van der Waals surface area contributed by atoms with Crippen LogP contribution in [-0.4, -0.2) is 24.5 Å². The van der Waals surface area contributed by atoms with Gasteiger partial charge in [-0.05, 0) is 26.1 Å². The average Bonchev–Trinajstić information content (AvgIpc) is 2.95. The van der Waals surface area contributed by atoms with E-state index in [9.17, 15) is 4.79 Å². The third kappa shape index (κ3) is 2.28. The van der Waals surface area contributed by atoms with Crippen LogP contribution in [0.1, 0.15) is 17.8 Å². The quantitative estimate of drug-likeness (QED) is 0.911. The summed E-state index contributed by atoms with van der Waals surface area (Å²) in [5.74, 6) is -0.0119. The predicted molar refractivity (Wildman–Crippen MR) is 81.7 cm³/mol. The fraction of sp³-hybridized carbons (Fsp3) is 0.286. The van der Waals surface area contributed by atoms with Crippen molar-refractivity contribution >= 4 is 33.8 Å². The third-order valence-corrected chi connectivity index (χ3v) is 4.58. The zero-order valence-electron chi connectivity index (χ0n) is 11.4. The number of nitrogens with zero attached hydrogens (tertiary/aromatic N) is 2. The second-order valence-corrected chi connectivity index (χ2v) is 5.75. The second-order valence-electron chi connectivity index (χ2n) is 4.71. The molecule has 2 N–H and O–H groups in total. The Morgan fingerprint density at radius 2 is 2.25 bits per heavy atom. The third-order valence-electron chi connectivity index (χ3n) is 3.37. The molecule has 0 fully saturated rings. The van der Waals surface area contributed by atoms with E-state index in [1.54, 1.807) is 11.3 Å². The highest BCUT2D eigenvalue weighted by molar-refractivity contribution is 7.15. The molecule has 0 spiro atoms. The summed E-state index contributed by atoms with van der Waals surface area (Å²) in [7, 11) is 1.92. The van der Waals surface area contributed by atoms with Crippen molar-refractivity contribution < 1.29 is 4.79 Å². The Hall–Kier alpha value is -1.92. The van der Waals surface area contributed by atoms with Gasteiger partial charge in [-0.2, -0.15) is 0 Å². The fourth-order valence-corrected chi connectivity index (χ4v) is 3.14. The van der Waals surface area contributed by atoms with E-state index in [0.29, 0.717) is 6.54 Å². The SMILES string of the molecule is CNC(C)c1cnc(N2CC(=O)Nc3ccccc32)s1. The van der Waals surface area contributed by atoms with Gasteiger partial charge in [-0.15, -0.1) is 0 Å². The lowest BCUT2D eigenvalue weighted by atomic mass is 10.2. The summed E-state index contributed by atoms with van der Waals surface area (Å²) < 4.78 is 0. The molecule has 0 saturated carbocycles. The van der Waals surface area contributed by atoms with E-state index in [1.165, 1.54) is 0 Å². The van der Waals surface area contributed by atoms with Crippen LogP contribution in [-0.2, 0) is 4.79 Å². The molecule has 1 atom stereocenters. The zero-order valence-corrected chi connectivity index (χ0v) is 12.2. The Bertz CT molecular complexity index is 640. The molecule has 3 rings (SSSR count). The first-order valence-electron chi connectivity index (χ1n) is 6.48. The van der Waals surface area contributed by atoms with E-state index in [-0.39, 0.29) is 11.9 Å². The van der Waals surface area contributed by atoms with Gasteiger partial charge < -0.3 is 15.5 Å². The number of amides is 1. The average molecular weight is 288 g/mol. The van der Waals surface area contributed by atoms with Crippen molar-refractivity contribution in [2.75, 3.05) is 23.8 Å². The molecule has 0 aliphatic carbocycles. The van der Waals surface area contributed by atoms with Crippen LogP contribution in [0.2, 0.25) is 0 Å². The van der Waals surface area contributed by atoms with E-state index in [4.69, 9.17) is 0 Å². The number of aromatic nitrogens is 1. The lowest BCUT2D eigenvalue weighted by molar-refractivity contribution is -0.115. The maximum absolute atomic E-state index is 11.8. The van der Waals surface area contributed by atoms with E-state index in [2.05, 4.69) is 22.5 Å². The van der Waals surface area contributed by atoms with E-state index >= 15 is 0 Å². The number of thiazole rings is 1. The minimum atomic E-state index is -0.0119. The molecule has 5 nitrogen and oxygen atoms in total. The number of carbonyl (C=O) groups excluding carboxylic acids is 1. The number of para-hydroxylation sites is 2. The molecule has 6 heteroatoms. The van der Waals surface area contributed by atoms with Crippen molar-refractivity contribution in [3.05, 3.63) is 35.3 Å². The highest BCUT2D eigenvalue weighted by atomic mass is 32.1. The van der Waals surface area contributed by atoms with Crippen LogP contribution in [0.4, 0.5) is 16.5 Å². The molecule has 0 saturated heterocycles. The molecule has 20 heavy (non-hydrogen) atoms. The molecule has 2 aromatic rings. The molecule has 104 valence electrons. The number of nitrogens with one attached hydrogen (secondary N) is 2. The predicted octanol–water partition coefficient (Wildman–Crippen LogP) is 2.51. The van der Waals surface area contributed by atoms with E-state index in [1.807, 2.05) is 42.4 Å². The van der Waals surface area contributed by atoms with Crippen molar-refractivity contribution in [1.29, 1.82) is 0 Å². The lowest BCUT2D eigenvalue weighted by Gasteiger charge is -2.28. The van der Waals surface area contributed by atoms with Crippen molar-refractivity contribution in [3.63, 3.8) is 0 Å². The first-order chi connectivity index (χ1) is 9.69. The van der Waals surface area contributed by atoms with Crippen LogP contribution < -0.4 is 15.5 Å². The van der Waals surface area contributed by atoms with Gasteiger partial charge in [-0.3, -0.25) is 4.79 Å². The summed E-state index contributed by atoms with van der Waals surface area (Å²) in [6.07, 6.45) is 1.87. The molecule has 1 aliphatic heterocycles. The summed E-state index contributed by atoms with van der Waals surface area (Å²) in [5, 5.41) is 6.93. The van der Waals surface area contributed by atoms with Gasteiger partial charge in [-0.1, -0.05) is 23.5 Å². The number of anilines is 3. The monoisotopic (exact) mass is 288 g/mol. The molecular formula is C14H16N4OS. The van der Waals surface area contributed by atoms with Gasteiger partial charge in [0.1, 0.15) is 6.54 Å². The Morgan fingerprint density at radius 3 is 3.05 bits per heavy atom. The summed E-state index contributed by atoms with van der Waals surface area (Å²) >= 11 is 1.61. The van der Waals surface area contributed by atoms with Crippen molar-refractivity contribution in [3.8, 4) is 0 Å². The normalized spacial score (nSPS) is 15.7. The number of hydrogen-bond acceptors (Lipinski definition) is 5. The molecule has 1 aliphatic rings. The van der Waals surface area contributed by atoms with Crippen LogP contribution in [0, 0.1) is 0 Å². The van der Waals surface area contributed by atoms with Crippen LogP contribution in [0.25, 0.3) is 0 Å². The number of benzene rings is 1. The van der Waals surface area contributed by atoms with Gasteiger partial charge in [0, 0.05) is 17.1 Å². The van der Waals surface area contributed by atoms with Gasteiger partial charge >= 0.3 is 0 Å². The van der Waals surface area contributed by atoms with Gasteiger partial charge in [0.2, 0.25) is 5.91 Å². The Kier molecular flexibility index (Phi) is 3.42. The molecule has 0 radical (unpaired) electrons. The zero-order chi connectivity index (χ0) is 14.1. The standard InChI is InChI=1S/C14H16N4OS/c1-9(15-2)12-7-16-14(20-12)18-8-13(19)17-10-5-3-4-6-11(10)18/h3-7,9,15H,8H2,1-2H3,(H,17,19). The summed E-state index contributed by atoms with van der Waals surface area (Å²) in [4.78, 5) is 19.4. The summed E-state index contributed by atoms with van der Waals surface area (Å²) in [6, 6.07) is 8.05. The minimum Gasteiger partial charge on any atom is -0.323 e. The van der Waals surface area contributed by atoms with E-state index < -0.39 is 0 Å². The number of rotatable bonds is 3. The summed E-state index contributed by atoms with van der Waals surface area (Å²) in [6.45, 7) is 2.39. The molecule has 1 aromatic carbocycles. The highest BCUT2D eigenvalue weighted by Gasteiger charge is 2.25. The maximum atomic E-state index is 11.8. The first-order valence-corrected chi connectivity index (χ1v) is 7.30. The van der Waals surface area contributed by atoms with Gasteiger partial charge in [0.15, 0.2) is 5.13 Å². The summed E-state index contributed by atoms with van der Waals surface area (Å²) in [5.41, 5.74) is 1.83. The van der Waals surface area contributed by atoms with Crippen LogP contribution >= 0.6 is 11.3 Å². The van der Waals surface area contributed by atoms with Crippen LogP contribution in [0.3, 0.4) is 0 Å². The Labute approximate surface area is 121 Å². The Morgan fingerprint density at radius 1 is 1.45 bits per heavy atom. The Balaban J connectivity index is 1.98. The smallest absolute Gasteiger partial charge is 0.244 e. The molecule has 2 heterocycles. The number of fused-ring (bicyclic) bond motifs is 1. The van der Waals surface area contributed by atoms with Crippen LogP contribution in [0.5, 0.6) is 0 Å². The van der Waals surface area contributed by atoms with Crippen molar-refractivity contribution in [2.24, 2.45) is 0 Å². The minimum absolute atomic E-state index is 0.0119. The van der Waals surface area contributed by atoms with Crippen molar-refractivity contribution in [2.45, 2.75) is 13.0 Å². The molecule has 1 amide bonds. The first kappa shape index (κ1) is 13.1. The second kappa shape index (κ2) is 5.22. The van der Waals surface area contributed by atoms with Crippen molar-refractivity contribution in [1.82, 2.24) is 10.3 Å². The number of carbonyl (C=O) groups is 1. The fourth-order valence-electron chi connectivity index (χ4n) is 2.15. The molecule has 1 aromatic heterocycles. The topological polar surface area (TPSA) is 57.3 Å². The van der Waals surface area contributed by atoms with Gasteiger partial charge in [-0.25, -0.2) is 4.98 Å².